The summed E-state index contributed by atoms with van der Waals surface area (Å²) in [5.41, 5.74) is 0. The standard InChI is InChI=1S/C17H32N2O.ClH/c1-3-13-19(16-9-11-18-12-10-16)17(20)15-7-5-14(4-2)6-8-15;/h14-16,18H,3-13H2,1-2H3;1H. The van der Waals surface area contributed by atoms with Crippen molar-refractivity contribution in [3.05, 3.63) is 0 Å². The number of carbonyl (C=O) groups excluding carboxylic acids is 1. The molecule has 0 radical (unpaired) electrons. The Hall–Kier alpha value is -0.280. The SMILES string of the molecule is CCCN(C(=O)C1CCC(CC)CC1)C1CCNCC1.Cl. The van der Waals surface area contributed by atoms with Crippen LogP contribution in [-0.2, 0) is 4.79 Å². The second-order valence-electron chi connectivity index (χ2n) is 6.64. The minimum absolute atomic E-state index is 0. The second kappa shape index (κ2) is 9.68. The molecule has 0 unspecified atom stereocenters. The van der Waals surface area contributed by atoms with Crippen LogP contribution in [0.25, 0.3) is 0 Å². The van der Waals surface area contributed by atoms with Crippen molar-refractivity contribution in [1.82, 2.24) is 10.2 Å². The summed E-state index contributed by atoms with van der Waals surface area (Å²) in [5.74, 6) is 1.66. The minimum Gasteiger partial charge on any atom is -0.339 e. The molecule has 2 fully saturated rings. The summed E-state index contributed by atoms with van der Waals surface area (Å²) in [4.78, 5) is 15.1. The second-order valence-corrected chi connectivity index (χ2v) is 6.64. The molecule has 2 rings (SSSR count). The van der Waals surface area contributed by atoms with Crippen molar-refractivity contribution in [2.45, 2.75) is 71.3 Å². The van der Waals surface area contributed by atoms with E-state index in [1.165, 1.54) is 19.3 Å². The van der Waals surface area contributed by atoms with Crippen LogP contribution in [-0.4, -0.2) is 36.5 Å². The van der Waals surface area contributed by atoms with Crippen molar-refractivity contribution < 1.29 is 4.79 Å². The van der Waals surface area contributed by atoms with E-state index in [-0.39, 0.29) is 12.4 Å². The summed E-state index contributed by atoms with van der Waals surface area (Å²) in [7, 11) is 0. The van der Waals surface area contributed by atoms with Gasteiger partial charge in [-0.1, -0.05) is 20.3 Å². The predicted molar refractivity (Wildman–Crippen MR) is 90.9 cm³/mol. The highest BCUT2D eigenvalue weighted by Crippen LogP contribution is 2.32. The van der Waals surface area contributed by atoms with Gasteiger partial charge in [0.2, 0.25) is 5.91 Å². The van der Waals surface area contributed by atoms with Crippen LogP contribution in [0.5, 0.6) is 0 Å². The van der Waals surface area contributed by atoms with Crippen LogP contribution >= 0.6 is 12.4 Å². The van der Waals surface area contributed by atoms with Crippen molar-refractivity contribution in [2.24, 2.45) is 11.8 Å². The molecule has 0 aromatic heterocycles. The highest BCUT2D eigenvalue weighted by atomic mass is 35.5. The largest absolute Gasteiger partial charge is 0.339 e. The third-order valence-corrected chi connectivity index (χ3v) is 5.27. The summed E-state index contributed by atoms with van der Waals surface area (Å²) in [6.45, 7) is 7.57. The fourth-order valence-corrected chi connectivity index (χ4v) is 3.88. The van der Waals surface area contributed by atoms with E-state index >= 15 is 0 Å². The first-order valence-corrected chi connectivity index (χ1v) is 8.77. The Bertz CT molecular complexity index is 297. The van der Waals surface area contributed by atoms with Crippen molar-refractivity contribution in [3.8, 4) is 0 Å². The van der Waals surface area contributed by atoms with Crippen LogP contribution < -0.4 is 5.32 Å². The van der Waals surface area contributed by atoms with Crippen molar-refractivity contribution in [1.29, 1.82) is 0 Å². The van der Waals surface area contributed by atoms with E-state index in [2.05, 4.69) is 24.1 Å². The van der Waals surface area contributed by atoms with Crippen molar-refractivity contribution >= 4 is 18.3 Å². The normalized spacial score (nSPS) is 27.0. The summed E-state index contributed by atoms with van der Waals surface area (Å²) >= 11 is 0. The maximum absolute atomic E-state index is 12.9. The molecule has 1 amide bonds. The smallest absolute Gasteiger partial charge is 0.225 e. The lowest BCUT2D eigenvalue weighted by atomic mass is 9.80. The van der Waals surface area contributed by atoms with Gasteiger partial charge in [0, 0.05) is 18.5 Å². The van der Waals surface area contributed by atoms with Crippen molar-refractivity contribution in [2.75, 3.05) is 19.6 Å². The molecule has 124 valence electrons. The topological polar surface area (TPSA) is 32.3 Å². The average molecular weight is 317 g/mol. The van der Waals surface area contributed by atoms with E-state index in [1.807, 2.05) is 0 Å². The first kappa shape index (κ1) is 18.8. The summed E-state index contributed by atoms with van der Waals surface area (Å²) < 4.78 is 0. The highest BCUT2D eigenvalue weighted by molar-refractivity contribution is 5.85. The Kier molecular flexibility index (Phi) is 8.65. The van der Waals surface area contributed by atoms with E-state index in [0.717, 1.165) is 57.7 Å². The number of piperidine rings is 1. The fourth-order valence-electron chi connectivity index (χ4n) is 3.88. The molecule has 0 atom stereocenters. The number of halogens is 1. The molecule has 0 aromatic carbocycles. The molecular formula is C17H33ClN2O. The fraction of sp³-hybridized carbons (Fsp3) is 0.941. The lowest BCUT2D eigenvalue weighted by Crippen LogP contribution is -2.49. The third kappa shape index (κ3) is 5.14. The molecule has 0 bridgehead atoms. The lowest BCUT2D eigenvalue weighted by Gasteiger charge is -2.38. The van der Waals surface area contributed by atoms with Crippen LogP contribution in [0.4, 0.5) is 0 Å². The van der Waals surface area contributed by atoms with E-state index in [4.69, 9.17) is 0 Å². The Morgan fingerprint density at radius 3 is 2.19 bits per heavy atom. The van der Waals surface area contributed by atoms with Gasteiger partial charge in [-0.2, -0.15) is 0 Å². The summed E-state index contributed by atoms with van der Waals surface area (Å²) in [5, 5.41) is 3.41. The van der Waals surface area contributed by atoms with Gasteiger partial charge in [0.25, 0.3) is 0 Å². The third-order valence-electron chi connectivity index (χ3n) is 5.27. The Labute approximate surface area is 136 Å². The lowest BCUT2D eigenvalue weighted by molar-refractivity contribution is -0.139. The van der Waals surface area contributed by atoms with Crippen molar-refractivity contribution in [3.63, 3.8) is 0 Å². The van der Waals surface area contributed by atoms with E-state index in [9.17, 15) is 4.79 Å². The van der Waals surface area contributed by atoms with Gasteiger partial charge in [0.15, 0.2) is 0 Å². The Morgan fingerprint density at radius 1 is 1.05 bits per heavy atom. The molecule has 1 aliphatic carbocycles. The van der Waals surface area contributed by atoms with Crippen LogP contribution in [0.2, 0.25) is 0 Å². The predicted octanol–water partition coefficient (Wildman–Crippen LogP) is 3.62. The number of hydrogen-bond acceptors (Lipinski definition) is 2. The molecule has 1 saturated carbocycles. The molecule has 1 aliphatic heterocycles. The number of hydrogen-bond donors (Lipinski definition) is 1. The number of rotatable bonds is 5. The molecular weight excluding hydrogens is 284 g/mol. The van der Waals surface area contributed by atoms with Crippen LogP contribution in [0, 0.1) is 11.8 Å². The summed E-state index contributed by atoms with van der Waals surface area (Å²) in [6, 6.07) is 0.493. The molecule has 2 aliphatic rings. The van der Waals surface area contributed by atoms with Gasteiger partial charge in [0.05, 0.1) is 0 Å². The molecule has 4 heteroatoms. The van der Waals surface area contributed by atoms with Gasteiger partial charge < -0.3 is 10.2 Å². The molecule has 3 nitrogen and oxygen atoms in total. The molecule has 1 saturated heterocycles. The monoisotopic (exact) mass is 316 g/mol. The number of nitrogens with one attached hydrogen (secondary N) is 1. The summed E-state index contributed by atoms with van der Waals surface area (Å²) in [6.07, 6.45) is 9.42. The average Bonchev–Trinajstić information content (AvgIpc) is 2.53. The van der Waals surface area contributed by atoms with E-state index in [0.29, 0.717) is 17.9 Å². The zero-order valence-electron chi connectivity index (χ0n) is 13.8. The van der Waals surface area contributed by atoms with Gasteiger partial charge in [-0.3, -0.25) is 4.79 Å². The van der Waals surface area contributed by atoms with Gasteiger partial charge in [-0.25, -0.2) is 0 Å². The van der Waals surface area contributed by atoms with Gasteiger partial charge >= 0.3 is 0 Å². The Morgan fingerprint density at radius 2 is 1.67 bits per heavy atom. The number of amides is 1. The highest BCUT2D eigenvalue weighted by Gasteiger charge is 2.32. The molecule has 1 N–H and O–H groups in total. The number of nitrogens with zero attached hydrogens (tertiary/aromatic N) is 1. The van der Waals surface area contributed by atoms with E-state index < -0.39 is 0 Å². The first-order valence-electron chi connectivity index (χ1n) is 8.77. The zero-order chi connectivity index (χ0) is 14.4. The van der Waals surface area contributed by atoms with Crippen LogP contribution in [0.15, 0.2) is 0 Å². The maximum atomic E-state index is 12.9. The minimum atomic E-state index is 0. The zero-order valence-corrected chi connectivity index (χ0v) is 14.6. The van der Waals surface area contributed by atoms with Gasteiger partial charge in [-0.05, 0) is 64.0 Å². The quantitative estimate of drug-likeness (QED) is 0.840. The maximum Gasteiger partial charge on any atom is 0.225 e. The molecule has 1 heterocycles. The van der Waals surface area contributed by atoms with Crippen LogP contribution in [0.1, 0.15) is 65.2 Å². The molecule has 0 spiro atoms. The molecule has 21 heavy (non-hydrogen) atoms. The first-order chi connectivity index (χ1) is 9.76. The number of carbonyl (C=O) groups is 1. The van der Waals surface area contributed by atoms with Crippen LogP contribution in [0.3, 0.4) is 0 Å². The molecule has 0 aromatic rings. The van der Waals surface area contributed by atoms with E-state index in [1.54, 1.807) is 0 Å². The van der Waals surface area contributed by atoms with Gasteiger partial charge in [-0.15, -0.1) is 12.4 Å². The van der Waals surface area contributed by atoms with Gasteiger partial charge in [0.1, 0.15) is 0 Å². The Balaban J connectivity index is 0.00000220.